The van der Waals surface area contributed by atoms with E-state index >= 15 is 0 Å². The number of halogens is 1. The first kappa shape index (κ1) is 30.3. The van der Waals surface area contributed by atoms with Crippen molar-refractivity contribution in [2.24, 2.45) is 0 Å². The fourth-order valence-electron chi connectivity index (χ4n) is 3.97. The van der Waals surface area contributed by atoms with E-state index in [0.717, 1.165) is 26.4 Å². The lowest BCUT2D eigenvalue weighted by Crippen LogP contribution is -2.27. The van der Waals surface area contributed by atoms with Gasteiger partial charge in [0, 0.05) is 20.8 Å². The largest absolute Gasteiger partial charge is 0.526 e. The monoisotopic (exact) mass is 628 g/mol. The van der Waals surface area contributed by atoms with Gasteiger partial charge in [-0.2, -0.15) is 0 Å². The third-order valence-corrected chi connectivity index (χ3v) is 6.69. The average Bonchev–Trinajstić information content (AvgIpc) is 3.66. The lowest BCUT2D eigenvalue weighted by Gasteiger charge is -2.04. The lowest BCUT2D eigenvalue weighted by atomic mass is 9.88. The van der Waals surface area contributed by atoms with Crippen molar-refractivity contribution in [2.45, 2.75) is 0 Å². The molecular weight excluding hydrogens is 603 g/mol. The van der Waals surface area contributed by atoms with Gasteiger partial charge in [0.2, 0.25) is 0 Å². The van der Waals surface area contributed by atoms with Crippen molar-refractivity contribution in [3.63, 3.8) is 0 Å². The molecule has 0 saturated carbocycles. The van der Waals surface area contributed by atoms with Gasteiger partial charge in [0.25, 0.3) is 0 Å². The number of hydrogen-bond acceptors (Lipinski definition) is 8. The van der Waals surface area contributed by atoms with Crippen LogP contribution < -0.4 is 5.66 Å². The topological polar surface area (TPSA) is 119 Å². The summed E-state index contributed by atoms with van der Waals surface area (Å²) in [7, 11) is 1.21. The summed E-state index contributed by atoms with van der Waals surface area (Å²) < 4.78 is 21.0. The summed E-state index contributed by atoms with van der Waals surface area (Å²) in [6, 6.07) is 33.0. The summed E-state index contributed by atoms with van der Waals surface area (Å²) in [5, 5.41) is 19.5. The molecule has 0 aliphatic rings. The van der Waals surface area contributed by atoms with Crippen LogP contribution in [0, 0.1) is 0 Å². The highest BCUT2D eigenvalue weighted by molar-refractivity contribution is 9.10. The molecule has 8 nitrogen and oxygen atoms in total. The van der Waals surface area contributed by atoms with Gasteiger partial charge in [-0.3, -0.25) is 0 Å². The number of ether oxygens (including phenoxy) is 2. The van der Waals surface area contributed by atoms with E-state index in [2.05, 4.69) is 20.7 Å². The number of furan rings is 2. The number of esters is 2. The zero-order chi connectivity index (χ0) is 30.1. The van der Waals surface area contributed by atoms with Gasteiger partial charge in [0.05, 0.1) is 25.3 Å². The molecule has 4 aromatic carbocycles. The number of para-hydroxylation sites is 2. The van der Waals surface area contributed by atoms with E-state index in [1.54, 1.807) is 42.5 Å². The minimum atomic E-state index is -1.53. The molecule has 0 saturated heterocycles. The number of benzene rings is 4. The zero-order valence-corrected chi connectivity index (χ0v) is 24.3. The molecule has 6 rings (SSSR count). The van der Waals surface area contributed by atoms with Crippen molar-refractivity contribution in [1.29, 1.82) is 0 Å². The Kier molecular flexibility index (Phi) is 10.3. The molecule has 6 aromatic rings. The quantitative estimate of drug-likeness (QED) is 0.174. The van der Waals surface area contributed by atoms with E-state index in [1.165, 1.54) is 14.2 Å². The standard InChI is InChI=1S/C16H12O3.C8H7BO3.C8H7BrO2/c1-18-16(17)13-8-4-3-7-12(13)15-10-11-6-2-5-9-14(11)19-15;10-9(11)8-5-6-3-1-2-4-7(6)12-8;1-11-8(10)6-4-2-3-5-7(6)9/h2-10H,1H3;1-5,10-11H;2-5H,1H3. The van der Waals surface area contributed by atoms with E-state index in [0.29, 0.717) is 22.5 Å². The van der Waals surface area contributed by atoms with Gasteiger partial charge in [-0.05, 0) is 58.4 Å². The molecule has 2 N–H and O–H groups in total. The molecule has 0 spiro atoms. The van der Waals surface area contributed by atoms with Crippen LogP contribution in [0.4, 0.5) is 0 Å². The second kappa shape index (κ2) is 14.3. The lowest BCUT2D eigenvalue weighted by molar-refractivity contribution is 0.0591. The third kappa shape index (κ3) is 7.35. The van der Waals surface area contributed by atoms with E-state index in [-0.39, 0.29) is 17.6 Å². The summed E-state index contributed by atoms with van der Waals surface area (Å²) in [4.78, 5) is 22.7. The van der Waals surface area contributed by atoms with Crippen LogP contribution >= 0.6 is 15.9 Å². The molecule has 0 fully saturated rings. The summed E-state index contributed by atoms with van der Waals surface area (Å²) in [5.41, 5.74) is 3.44. The van der Waals surface area contributed by atoms with Crippen molar-refractivity contribution in [3.8, 4) is 11.3 Å². The smallest absolute Gasteiger partial charge is 0.465 e. The predicted molar refractivity (Wildman–Crippen MR) is 165 cm³/mol. The van der Waals surface area contributed by atoms with Gasteiger partial charge in [0.15, 0.2) is 0 Å². The SMILES string of the molecule is COC(=O)c1ccccc1-c1cc2ccccc2o1.COC(=O)c1ccccc1Br.OB(O)c1cc2ccccc2o1. The van der Waals surface area contributed by atoms with Crippen LogP contribution in [0.3, 0.4) is 0 Å². The van der Waals surface area contributed by atoms with Crippen LogP contribution in [0.5, 0.6) is 0 Å². The molecule has 0 unspecified atom stereocenters. The molecule has 0 aliphatic heterocycles. The van der Waals surface area contributed by atoms with Gasteiger partial charge >= 0.3 is 19.1 Å². The van der Waals surface area contributed by atoms with Crippen LogP contribution in [0.15, 0.2) is 123 Å². The molecule has 42 heavy (non-hydrogen) atoms. The summed E-state index contributed by atoms with van der Waals surface area (Å²) in [6.45, 7) is 0. The highest BCUT2D eigenvalue weighted by Crippen LogP contribution is 2.30. The maximum Gasteiger partial charge on any atom is 0.526 e. The minimum absolute atomic E-state index is 0.177. The number of carbonyl (C=O) groups is 2. The van der Waals surface area contributed by atoms with Gasteiger partial charge in [-0.1, -0.05) is 66.7 Å². The summed E-state index contributed by atoms with van der Waals surface area (Å²) >= 11 is 3.24. The molecule has 212 valence electrons. The summed E-state index contributed by atoms with van der Waals surface area (Å²) in [6.07, 6.45) is 0. The number of carbonyl (C=O) groups excluding carboxylic acids is 2. The van der Waals surface area contributed by atoms with Crippen LogP contribution in [0.25, 0.3) is 33.3 Å². The second-order valence-electron chi connectivity index (χ2n) is 8.72. The Labute approximate surface area is 250 Å². The maximum absolute atomic E-state index is 11.8. The van der Waals surface area contributed by atoms with Gasteiger partial charge in [-0.15, -0.1) is 0 Å². The van der Waals surface area contributed by atoms with E-state index in [1.807, 2.05) is 66.7 Å². The van der Waals surface area contributed by atoms with Crippen molar-refractivity contribution >= 4 is 62.6 Å². The molecule has 0 aliphatic carbocycles. The Hall–Kier alpha value is -4.64. The first-order valence-corrected chi connectivity index (χ1v) is 13.5. The molecular formula is C32H26BBrO8. The number of fused-ring (bicyclic) bond motifs is 2. The predicted octanol–water partition coefficient (Wildman–Crippen LogP) is 6.23. The highest BCUT2D eigenvalue weighted by atomic mass is 79.9. The van der Waals surface area contributed by atoms with E-state index < -0.39 is 7.12 Å². The Morgan fingerprint density at radius 2 is 1.17 bits per heavy atom. The highest BCUT2D eigenvalue weighted by Gasteiger charge is 2.17. The maximum atomic E-state index is 11.8. The molecule has 2 heterocycles. The van der Waals surface area contributed by atoms with Crippen molar-refractivity contribution < 1.29 is 37.9 Å². The fraction of sp³-hybridized carbons (Fsp3) is 0.0625. The number of rotatable bonds is 4. The number of hydrogen-bond donors (Lipinski definition) is 2. The molecule has 0 amide bonds. The minimum Gasteiger partial charge on any atom is -0.465 e. The van der Waals surface area contributed by atoms with Crippen molar-refractivity contribution in [1.82, 2.24) is 0 Å². The Morgan fingerprint density at radius 3 is 1.74 bits per heavy atom. The normalized spacial score (nSPS) is 10.2. The van der Waals surface area contributed by atoms with E-state index in [9.17, 15) is 9.59 Å². The van der Waals surface area contributed by atoms with Crippen molar-refractivity contribution in [2.75, 3.05) is 14.2 Å². The van der Waals surface area contributed by atoms with Gasteiger partial charge < -0.3 is 28.4 Å². The van der Waals surface area contributed by atoms with Gasteiger partial charge in [-0.25, -0.2) is 9.59 Å². The first-order chi connectivity index (χ1) is 20.3. The third-order valence-electron chi connectivity index (χ3n) is 6.00. The Balaban J connectivity index is 0.000000153. The number of methoxy groups -OCH3 is 2. The zero-order valence-electron chi connectivity index (χ0n) is 22.7. The molecule has 2 aromatic heterocycles. The molecule has 0 radical (unpaired) electrons. The second-order valence-corrected chi connectivity index (χ2v) is 9.57. The van der Waals surface area contributed by atoms with Crippen LogP contribution in [0.2, 0.25) is 0 Å². The summed E-state index contributed by atoms with van der Waals surface area (Å²) in [5.74, 6) is -0.0178. The average molecular weight is 629 g/mol. The van der Waals surface area contributed by atoms with Crippen LogP contribution in [-0.4, -0.2) is 43.3 Å². The van der Waals surface area contributed by atoms with Crippen molar-refractivity contribution in [3.05, 3.63) is 125 Å². The molecule has 0 bridgehead atoms. The fourth-order valence-corrected chi connectivity index (χ4v) is 4.41. The van der Waals surface area contributed by atoms with E-state index in [4.69, 9.17) is 23.6 Å². The Morgan fingerprint density at radius 1 is 0.667 bits per heavy atom. The first-order valence-electron chi connectivity index (χ1n) is 12.7. The van der Waals surface area contributed by atoms with Crippen LogP contribution in [-0.2, 0) is 9.47 Å². The molecule has 10 heteroatoms. The van der Waals surface area contributed by atoms with Crippen LogP contribution in [0.1, 0.15) is 20.7 Å². The van der Waals surface area contributed by atoms with Gasteiger partial charge in [0.1, 0.15) is 22.6 Å². The Bertz CT molecular complexity index is 1740. The molecule has 0 atom stereocenters.